The van der Waals surface area contributed by atoms with Crippen LogP contribution in [0.4, 0.5) is 4.79 Å². The molecule has 3 N–H and O–H groups in total. The van der Waals surface area contributed by atoms with Crippen LogP contribution in [0.15, 0.2) is 18.2 Å². The van der Waals surface area contributed by atoms with Gasteiger partial charge < -0.3 is 10.1 Å². The standard InChI is InChI=1S/C21H27Cl2N3O3/c22-16-3-4-18(17(23)9-16)29-5-1-2-19(27)25-26-20(28)24-21-10-13-6-14(11-21)8-15(7-13)12-21/h3-4,9,13-15H,1-2,5-8,10-12H2,(H,25,27)(H2,24,26,28). The Labute approximate surface area is 181 Å². The quantitative estimate of drug-likeness (QED) is 0.452. The number of hydrazine groups is 1. The first-order chi connectivity index (χ1) is 13.9. The summed E-state index contributed by atoms with van der Waals surface area (Å²) < 4.78 is 5.56. The van der Waals surface area contributed by atoms with Crippen molar-refractivity contribution in [2.24, 2.45) is 17.8 Å². The van der Waals surface area contributed by atoms with Gasteiger partial charge in [-0.3, -0.25) is 10.2 Å². The number of hydrogen-bond donors (Lipinski definition) is 3. The van der Waals surface area contributed by atoms with Gasteiger partial charge >= 0.3 is 6.03 Å². The van der Waals surface area contributed by atoms with Crippen LogP contribution in [0.1, 0.15) is 51.4 Å². The van der Waals surface area contributed by atoms with Crippen molar-refractivity contribution in [1.29, 1.82) is 0 Å². The van der Waals surface area contributed by atoms with E-state index in [1.165, 1.54) is 19.3 Å². The third-order valence-corrected chi connectivity index (χ3v) is 6.96. The number of rotatable bonds is 6. The highest BCUT2D eigenvalue weighted by molar-refractivity contribution is 6.35. The molecule has 4 saturated carbocycles. The van der Waals surface area contributed by atoms with E-state index in [0.29, 0.717) is 28.8 Å². The molecular formula is C21H27Cl2N3O3. The Balaban J connectivity index is 1.14. The highest BCUT2D eigenvalue weighted by Crippen LogP contribution is 2.55. The van der Waals surface area contributed by atoms with Crippen LogP contribution in [-0.4, -0.2) is 24.1 Å². The molecule has 0 atom stereocenters. The molecule has 6 nitrogen and oxygen atoms in total. The summed E-state index contributed by atoms with van der Waals surface area (Å²) in [7, 11) is 0. The van der Waals surface area contributed by atoms with Gasteiger partial charge in [0.15, 0.2) is 0 Å². The van der Waals surface area contributed by atoms with Gasteiger partial charge in [0, 0.05) is 17.0 Å². The second-order valence-corrected chi connectivity index (χ2v) is 9.70. The van der Waals surface area contributed by atoms with E-state index in [0.717, 1.165) is 37.0 Å². The minimum Gasteiger partial charge on any atom is -0.492 e. The lowest BCUT2D eigenvalue weighted by Gasteiger charge is -2.56. The fourth-order valence-electron chi connectivity index (χ4n) is 5.73. The molecule has 4 aliphatic rings. The molecule has 4 aliphatic carbocycles. The smallest absolute Gasteiger partial charge is 0.333 e. The van der Waals surface area contributed by atoms with Crippen LogP contribution in [-0.2, 0) is 4.79 Å². The molecule has 0 saturated heterocycles. The molecule has 0 unspecified atom stereocenters. The number of hydrogen-bond acceptors (Lipinski definition) is 3. The molecule has 0 heterocycles. The fourth-order valence-corrected chi connectivity index (χ4v) is 6.19. The van der Waals surface area contributed by atoms with Crippen LogP contribution in [0.5, 0.6) is 5.75 Å². The molecule has 158 valence electrons. The van der Waals surface area contributed by atoms with Gasteiger partial charge in [-0.25, -0.2) is 10.2 Å². The third-order valence-electron chi connectivity index (χ3n) is 6.43. The Bertz CT molecular complexity index is 751. The Kier molecular flexibility index (Phi) is 6.11. The normalized spacial score (nSPS) is 29.4. The number of carbonyl (C=O) groups is 2. The summed E-state index contributed by atoms with van der Waals surface area (Å²) in [6.45, 7) is 0.342. The molecule has 1 aromatic rings. The zero-order valence-corrected chi connectivity index (χ0v) is 17.8. The first-order valence-electron chi connectivity index (χ1n) is 10.4. The van der Waals surface area contributed by atoms with E-state index in [-0.39, 0.29) is 23.9 Å². The fraction of sp³-hybridized carbons (Fsp3) is 0.619. The second kappa shape index (κ2) is 8.60. The molecule has 4 bridgehead atoms. The van der Waals surface area contributed by atoms with Crippen molar-refractivity contribution < 1.29 is 14.3 Å². The van der Waals surface area contributed by atoms with Gasteiger partial charge in [0.05, 0.1) is 11.6 Å². The van der Waals surface area contributed by atoms with Gasteiger partial charge in [0.2, 0.25) is 5.91 Å². The summed E-state index contributed by atoms with van der Waals surface area (Å²) >= 11 is 11.9. The van der Waals surface area contributed by atoms with Crippen LogP contribution >= 0.6 is 23.2 Å². The third kappa shape index (κ3) is 5.10. The minimum atomic E-state index is -0.315. The molecular weight excluding hydrogens is 413 g/mol. The summed E-state index contributed by atoms with van der Waals surface area (Å²) in [6, 6.07) is 4.69. The SMILES string of the molecule is O=C(CCCOc1ccc(Cl)cc1Cl)NNC(=O)NC12CC3CC(CC(C3)C1)C2. The van der Waals surface area contributed by atoms with Crippen LogP contribution in [0.2, 0.25) is 10.0 Å². The lowest BCUT2D eigenvalue weighted by atomic mass is 9.53. The zero-order chi connectivity index (χ0) is 20.4. The number of carbonyl (C=O) groups excluding carboxylic acids is 2. The van der Waals surface area contributed by atoms with Crippen molar-refractivity contribution in [3.8, 4) is 5.75 Å². The predicted molar refractivity (Wildman–Crippen MR) is 112 cm³/mol. The number of amides is 3. The van der Waals surface area contributed by atoms with Crippen molar-refractivity contribution >= 4 is 35.1 Å². The van der Waals surface area contributed by atoms with Gasteiger partial charge in [-0.05, 0) is 80.9 Å². The van der Waals surface area contributed by atoms with E-state index in [9.17, 15) is 9.59 Å². The predicted octanol–water partition coefficient (Wildman–Crippen LogP) is 4.45. The van der Waals surface area contributed by atoms with Gasteiger partial charge in [-0.1, -0.05) is 23.2 Å². The number of halogens is 2. The zero-order valence-electron chi connectivity index (χ0n) is 16.3. The molecule has 5 rings (SSSR count). The van der Waals surface area contributed by atoms with Crippen LogP contribution in [0.3, 0.4) is 0 Å². The molecule has 3 amide bonds. The lowest BCUT2D eigenvalue weighted by molar-refractivity contribution is -0.122. The number of nitrogens with one attached hydrogen (secondary N) is 3. The van der Waals surface area contributed by atoms with E-state index in [2.05, 4.69) is 16.2 Å². The molecule has 0 spiro atoms. The number of benzene rings is 1. The molecule has 0 radical (unpaired) electrons. The molecule has 0 aliphatic heterocycles. The Morgan fingerprint density at radius 2 is 1.69 bits per heavy atom. The van der Waals surface area contributed by atoms with Gasteiger partial charge in [0.1, 0.15) is 5.75 Å². The minimum absolute atomic E-state index is 0.0742. The largest absolute Gasteiger partial charge is 0.492 e. The van der Waals surface area contributed by atoms with Crippen LogP contribution < -0.4 is 20.9 Å². The van der Waals surface area contributed by atoms with E-state index in [4.69, 9.17) is 27.9 Å². The summed E-state index contributed by atoms with van der Waals surface area (Å²) in [5.74, 6) is 2.54. The lowest BCUT2D eigenvalue weighted by Crippen LogP contribution is -2.62. The average molecular weight is 440 g/mol. The maximum atomic E-state index is 12.3. The topological polar surface area (TPSA) is 79.5 Å². The van der Waals surface area contributed by atoms with Gasteiger partial charge in [-0.15, -0.1) is 0 Å². The van der Waals surface area contributed by atoms with Crippen molar-refractivity contribution in [1.82, 2.24) is 16.2 Å². The summed E-state index contributed by atoms with van der Waals surface area (Å²) in [6.07, 6.45) is 7.93. The number of ether oxygens (including phenoxy) is 1. The first kappa shape index (κ1) is 20.6. The Hall–Kier alpha value is -1.66. The first-order valence-corrected chi connectivity index (χ1v) is 11.1. The van der Waals surface area contributed by atoms with Crippen LogP contribution in [0.25, 0.3) is 0 Å². The van der Waals surface area contributed by atoms with Gasteiger partial charge in [-0.2, -0.15) is 0 Å². The number of urea groups is 1. The van der Waals surface area contributed by atoms with Crippen LogP contribution in [0, 0.1) is 17.8 Å². The second-order valence-electron chi connectivity index (χ2n) is 8.85. The maximum Gasteiger partial charge on any atom is 0.333 e. The summed E-state index contributed by atoms with van der Waals surface area (Å²) in [4.78, 5) is 24.3. The Morgan fingerprint density at radius 3 is 2.31 bits per heavy atom. The summed E-state index contributed by atoms with van der Waals surface area (Å²) in [5, 5.41) is 4.14. The van der Waals surface area contributed by atoms with Crippen molar-refractivity contribution in [2.45, 2.75) is 56.9 Å². The van der Waals surface area contributed by atoms with E-state index in [1.807, 2.05) is 0 Å². The van der Waals surface area contributed by atoms with E-state index in [1.54, 1.807) is 18.2 Å². The van der Waals surface area contributed by atoms with Crippen molar-refractivity contribution in [3.63, 3.8) is 0 Å². The Morgan fingerprint density at radius 1 is 1.03 bits per heavy atom. The molecule has 0 aromatic heterocycles. The molecule has 29 heavy (non-hydrogen) atoms. The van der Waals surface area contributed by atoms with Crippen molar-refractivity contribution in [3.05, 3.63) is 28.2 Å². The average Bonchev–Trinajstić information content (AvgIpc) is 2.63. The highest BCUT2D eigenvalue weighted by Gasteiger charge is 2.51. The molecule has 8 heteroatoms. The van der Waals surface area contributed by atoms with E-state index < -0.39 is 0 Å². The maximum absolute atomic E-state index is 12.3. The van der Waals surface area contributed by atoms with Crippen molar-refractivity contribution in [2.75, 3.05) is 6.61 Å². The molecule has 1 aromatic carbocycles. The molecule has 4 fully saturated rings. The van der Waals surface area contributed by atoms with E-state index >= 15 is 0 Å². The van der Waals surface area contributed by atoms with Gasteiger partial charge in [0.25, 0.3) is 0 Å². The monoisotopic (exact) mass is 439 g/mol. The highest BCUT2D eigenvalue weighted by atomic mass is 35.5. The summed E-state index contributed by atoms with van der Waals surface area (Å²) in [5.41, 5.74) is 4.91.